The van der Waals surface area contributed by atoms with Gasteiger partial charge < -0.3 is 19.8 Å². The molecule has 0 heterocycles. The Hall–Kier alpha value is -2.22. The van der Waals surface area contributed by atoms with E-state index in [1.165, 1.54) is 12.0 Å². The highest BCUT2D eigenvalue weighted by Gasteiger charge is 2.71. The summed E-state index contributed by atoms with van der Waals surface area (Å²) in [4.78, 5) is 53.7. The molecule has 2 N–H and O–H groups in total. The van der Waals surface area contributed by atoms with E-state index in [0.717, 1.165) is 69.8 Å². The van der Waals surface area contributed by atoms with Gasteiger partial charge in [0.1, 0.15) is 6.10 Å². The molecule has 52 heavy (non-hydrogen) atoms. The quantitative estimate of drug-likeness (QED) is 0.217. The molecule has 0 aromatic rings. The number of ketones is 1. The third-order valence-corrected chi connectivity index (χ3v) is 17.0. The lowest BCUT2D eigenvalue weighted by molar-refractivity contribution is -0.235. The molecule has 2 unspecified atom stereocenters. The number of allylic oxidation sites excluding steroid dienone is 1. The van der Waals surface area contributed by atoms with Crippen LogP contribution in [0.2, 0.25) is 0 Å². The first-order chi connectivity index (χ1) is 24.0. The Bertz CT molecular complexity index is 1510. The lowest BCUT2D eigenvalue weighted by atomic mass is 9.33. The molecule has 8 nitrogen and oxygen atoms in total. The number of fused-ring (bicyclic) bond motifs is 7. The minimum absolute atomic E-state index is 0.0106. The number of hydrogen-bond donors (Lipinski definition) is 2. The number of carboxylic acid groups (broad SMARTS) is 1. The van der Waals surface area contributed by atoms with E-state index in [1.807, 2.05) is 4.90 Å². The number of carboxylic acids is 1. The lowest BCUT2D eigenvalue weighted by Gasteiger charge is -2.72. The summed E-state index contributed by atoms with van der Waals surface area (Å²) in [7, 11) is 0. The minimum Gasteiger partial charge on any atom is -0.481 e. The van der Waals surface area contributed by atoms with E-state index < -0.39 is 28.9 Å². The number of carbonyl (C=O) groups excluding carboxylic acids is 3. The van der Waals surface area contributed by atoms with Gasteiger partial charge in [-0.1, -0.05) is 60.5 Å². The van der Waals surface area contributed by atoms with Gasteiger partial charge in [-0.15, -0.1) is 0 Å². The molecule has 5 saturated carbocycles. The second-order valence-corrected chi connectivity index (χ2v) is 20.8. The Labute approximate surface area is 313 Å². The van der Waals surface area contributed by atoms with Crippen LogP contribution in [0.5, 0.6) is 0 Å². The summed E-state index contributed by atoms with van der Waals surface area (Å²) in [5.41, 5.74) is 0.191. The molecule has 6 aliphatic rings. The summed E-state index contributed by atoms with van der Waals surface area (Å²) >= 11 is 0. The van der Waals surface area contributed by atoms with Gasteiger partial charge in [0.2, 0.25) is 5.91 Å². The molecule has 0 aromatic carbocycles. The predicted octanol–water partition coefficient (Wildman–Crippen LogP) is 8.39. The normalized spacial score (nSPS) is 39.1. The molecule has 8 heteroatoms. The third-order valence-electron chi connectivity index (χ3n) is 17.0. The first-order valence-electron chi connectivity index (χ1n) is 20.7. The van der Waals surface area contributed by atoms with Gasteiger partial charge in [-0.2, -0.15) is 0 Å². The number of Topliss-reactive ketones (excluding diaryl/α,β-unsaturated/α-hetero) is 1. The van der Waals surface area contributed by atoms with E-state index in [1.54, 1.807) is 20.8 Å². The summed E-state index contributed by atoms with van der Waals surface area (Å²) in [6.45, 7) is 22.1. The SMILES string of the molecule is CC(=O)N(CC1CCC1)CC(O)C12CC[C@]3(C)[C@H](CC[C@@H]4[C@@]5(C)CC[C@H](OC(=O)CC(C)(C)C(=O)O)C(C)(C)[C@@H]5CC[C@]43C)C1=C(C(C)C)C(=O)C2. The predicted molar refractivity (Wildman–Crippen MR) is 201 cm³/mol. The topological polar surface area (TPSA) is 121 Å². The van der Waals surface area contributed by atoms with Crippen molar-refractivity contribution in [2.45, 2.75) is 165 Å². The summed E-state index contributed by atoms with van der Waals surface area (Å²) in [5.74, 6) is 0.414. The van der Waals surface area contributed by atoms with Crippen LogP contribution in [-0.4, -0.2) is 64.0 Å². The molecule has 0 radical (unpaired) electrons. The van der Waals surface area contributed by atoms with Crippen LogP contribution >= 0.6 is 0 Å². The van der Waals surface area contributed by atoms with E-state index in [-0.39, 0.29) is 57.7 Å². The van der Waals surface area contributed by atoms with Crippen LogP contribution in [0.1, 0.15) is 153 Å². The molecular weight excluding hydrogens is 654 g/mol. The van der Waals surface area contributed by atoms with Crippen molar-refractivity contribution in [2.75, 3.05) is 13.1 Å². The largest absolute Gasteiger partial charge is 0.481 e. The number of aliphatic carboxylic acids is 1. The van der Waals surface area contributed by atoms with Crippen LogP contribution in [0.15, 0.2) is 11.1 Å². The van der Waals surface area contributed by atoms with Gasteiger partial charge in [0.25, 0.3) is 0 Å². The molecule has 0 aromatic heterocycles. The van der Waals surface area contributed by atoms with Crippen molar-refractivity contribution >= 4 is 23.6 Å². The maximum absolute atomic E-state index is 14.1. The smallest absolute Gasteiger partial charge is 0.309 e. The Morgan fingerprint density at radius 1 is 0.904 bits per heavy atom. The standard InChI is InChI=1S/C44H69NO7/c1-26(2)36-30(47)22-44(33(48)25-45(27(3)46)24-28-12-11-13-28)21-20-42(9)29(37(36)44)14-15-32-41(8)18-17-34(52-35(49)23-39(4,5)38(50)51)40(6,7)31(41)16-19-43(32,42)10/h26,28-29,31-34,48H,11-25H2,1-10H3,(H,50,51)/t29-,31+,32-,33?,34+,41+,42-,43-,44?/m1/s1. The molecule has 0 saturated heterocycles. The third kappa shape index (κ3) is 5.93. The Morgan fingerprint density at radius 2 is 1.58 bits per heavy atom. The zero-order valence-corrected chi connectivity index (χ0v) is 34.0. The average molecular weight is 724 g/mol. The Kier molecular flexibility index (Phi) is 10.0. The number of esters is 1. The van der Waals surface area contributed by atoms with E-state index in [0.29, 0.717) is 37.3 Å². The number of ether oxygens (including phenoxy) is 1. The van der Waals surface area contributed by atoms with Crippen molar-refractivity contribution in [3.8, 4) is 0 Å². The monoisotopic (exact) mass is 724 g/mol. The van der Waals surface area contributed by atoms with Gasteiger partial charge in [-0.05, 0) is 129 Å². The molecule has 1 amide bonds. The van der Waals surface area contributed by atoms with Crippen molar-refractivity contribution in [1.82, 2.24) is 4.90 Å². The molecule has 0 spiro atoms. The maximum atomic E-state index is 14.1. The van der Waals surface area contributed by atoms with Crippen LogP contribution in [0.3, 0.4) is 0 Å². The highest BCUT2D eigenvalue weighted by Crippen LogP contribution is 2.77. The summed E-state index contributed by atoms with van der Waals surface area (Å²) in [6, 6.07) is 0. The summed E-state index contributed by atoms with van der Waals surface area (Å²) < 4.78 is 6.16. The number of carbonyl (C=O) groups is 4. The van der Waals surface area contributed by atoms with Crippen LogP contribution in [0, 0.1) is 62.1 Å². The molecule has 292 valence electrons. The highest BCUT2D eigenvalue weighted by molar-refractivity contribution is 6.00. The van der Waals surface area contributed by atoms with Crippen LogP contribution in [0.25, 0.3) is 0 Å². The molecule has 0 aliphatic heterocycles. The fourth-order valence-electron chi connectivity index (χ4n) is 13.6. The van der Waals surface area contributed by atoms with E-state index in [9.17, 15) is 29.4 Å². The number of amides is 1. The van der Waals surface area contributed by atoms with Gasteiger partial charge in [0.05, 0.1) is 17.9 Å². The van der Waals surface area contributed by atoms with Gasteiger partial charge in [0.15, 0.2) is 5.78 Å². The molecule has 6 rings (SSSR count). The summed E-state index contributed by atoms with van der Waals surface area (Å²) in [5, 5.41) is 21.9. The minimum atomic E-state index is -1.17. The second-order valence-electron chi connectivity index (χ2n) is 20.8. The number of rotatable bonds is 10. The highest BCUT2D eigenvalue weighted by atomic mass is 16.5. The van der Waals surface area contributed by atoms with Crippen molar-refractivity contribution in [3.63, 3.8) is 0 Å². The van der Waals surface area contributed by atoms with Crippen molar-refractivity contribution in [2.24, 2.45) is 62.1 Å². The number of hydrogen-bond acceptors (Lipinski definition) is 6. The van der Waals surface area contributed by atoms with Gasteiger partial charge in [-0.25, -0.2) is 0 Å². The molecular formula is C44H69NO7. The van der Waals surface area contributed by atoms with E-state index in [2.05, 4.69) is 48.5 Å². The van der Waals surface area contributed by atoms with Crippen LogP contribution in [0.4, 0.5) is 0 Å². The second kappa shape index (κ2) is 13.2. The van der Waals surface area contributed by atoms with E-state index >= 15 is 0 Å². The molecule has 6 aliphatic carbocycles. The van der Waals surface area contributed by atoms with Crippen molar-refractivity contribution in [1.29, 1.82) is 0 Å². The van der Waals surface area contributed by atoms with Crippen LogP contribution in [-0.2, 0) is 23.9 Å². The first-order valence-corrected chi connectivity index (χ1v) is 20.7. The lowest BCUT2D eigenvalue weighted by Crippen LogP contribution is -2.66. The molecule has 5 fully saturated rings. The molecule has 0 bridgehead atoms. The number of nitrogens with zero attached hydrogens (tertiary/aromatic N) is 1. The zero-order chi connectivity index (χ0) is 38.4. The zero-order valence-electron chi connectivity index (χ0n) is 34.0. The maximum Gasteiger partial charge on any atom is 0.309 e. The Balaban J connectivity index is 1.29. The Morgan fingerprint density at radius 3 is 2.15 bits per heavy atom. The van der Waals surface area contributed by atoms with Crippen molar-refractivity contribution in [3.05, 3.63) is 11.1 Å². The van der Waals surface area contributed by atoms with Crippen molar-refractivity contribution < 1.29 is 34.1 Å². The average Bonchev–Trinajstić information content (AvgIpc) is 3.32. The number of aliphatic hydroxyl groups excluding tert-OH is 1. The fraction of sp³-hybridized carbons (Fsp3) is 0.864. The number of aliphatic hydroxyl groups is 1. The first kappa shape index (κ1) is 39.5. The fourth-order valence-corrected chi connectivity index (χ4v) is 13.6. The van der Waals surface area contributed by atoms with Gasteiger partial charge in [0, 0.05) is 37.3 Å². The summed E-state index contributed by atoms with van der Waals surface area (Å²) in [6.07, 6.45) is 10.3. The van der Waals surface area contributed by atoms with Crippen LogP contribution < -0.4 is 0 Å². The van der Waals surface area contributed by atoms with Gasteiger partial charge in [-0.3, -0.25) is 19.2 Å². The van der Waals surface area contributed by atoms with Gasteiger partial charge >= 0.3 is 11.9 Å². The van der Waals surface area contributed by atoms with E-state index in [4.69, 9.17) is 4.74 Å². The molecule has 9 atom stereocenters.